The third kappa shape index (κ3) is 5.38. The van der Waals surface area contributed by atoms with Crippen molar-refractivity contribution in [2.24, 2.45) is 11.8 Å². The van der Waals surface area contributed by atoms with E-state index in [1.165, 1.54) is 6.07 Å². The highest BCUT2D eigenvalue weighted by atomic mass is 19.1. The Hall–Kier alpha value is -3.87. The Kier molecular flexibility index (Phi) is 8.20. The molecule has 9 nitrogen and oxygen atoms in total. The predicted octanol–water partition coefficient (Wildman–Crippen LogP) is 5.02. The molecule has 0 amide bonds. The molecule has 12 heteroatoms. The second kappa shape index (κ2) is 12.5. The topological polar surface area (TPSA) is 112 Å². The van der Waals surface area contributed by atoms with Gasteiger partial charge < -0.3 is 35.2 Å². The Morgan fingerprint density at radius 1 is 1.06 bits per heavy atom. The summed E-state index contributed by atoms with van der Waals surface area (Å²) >= 11 is 0. The number of aryl methyl sites for hydroxylation is 1. The van der Waals surface area contributed by atoms with Crippen LogP contribution >= 0.6 is 0 Å². The number of anilines is 1. The molecule has 1 aromatic heterocycles. The number of rotatable bonds is 6. The van der Waals surface area contributed by atoms with Crippen LogP contribution in [0.15, 0.2) is 30.3 Å². The first-order valence-electron chi connectivity index (χ1n) is 17.0. The Labute approximate surface area is 276 Å². The zero-order chi connectivity index (χ0) is 33.1. The van der Waals surface area contributed by atoms with Gasteiger partial charge in [-0.2, -0.15) is 9.97 Å². The maximum Gasteiger partial charge on any atom is 0.319 e. The first kappa shape index (κ1) is 31.4. The molecular weight excluding hydrogens is 623 g/mol. The zero-order valence-electron chi connectivity index (χ0n) is 26.8. The summed E-state index contributed by atoms with van der Waals surface area (Å²) in [7, 11) is 0. The monoisotopic (exact) mass is 663 g/mol. The smallest absolute Gasteiger partial charge is 0.319 e. The molecule has 0 saturated carbocycles. The number of aliphatic hydroxyl groups is 1. The third-order valence-electron chi connectivity index (χ3n) is 10.6. The van der Waals surface area contributed by atoms with E-state index in [-0.39, 0.29) is 102 Å². The number of aliphatic hydroxyl groups excluding tert-OH is 1. The van der Waals surface area contributed by atoms with Crippen LogP contribution in [0.5, 0.6) is 17.5 Å². The highest BCUT2D eigenvalue weighted by Gasteiger charge is 2.44. The third-order valence-corrected chi connectivity index (χ3v) is 10.6. The molecule has 48 heavy (non-hydrogen) atoms. The molecule has 0 spiro atoms. The summed E-state index contributed by atoms with van der Waals surface area (Å²) in [6.07, 6.45) is 2.21. The fourth-order valence-electron chi connectivity index (χ4n) is 8.37. The van der Waals surface area contributed by atoms with E-state index in [1.54, 1.807) is 12.1 Å². The number of nitrogens with one attached hydrogen (secondary N) is 2. The van der Waals surface area contributed by atoms with Crippen LogP contribution in [0.4, 0.5) is 19.0 Å². The molecule has 4 aromatic rings. The number of fused-ring (bicyclic) bond motifs is 6. The van der Waals surface area contributed by atoms with Crippen molar-refractivity contribution in [2.45, 2.75) is 63.3 Å². The highest BCUT2D eigenvalue weighted by Crippen LogP contribution is 2.48. The van der Waals surface area contributed by atoms with Crippen molar-refractivity contribution in [2.75, 3.05) is 44.4 Å². The normalized spacial score (nSPS) is 26.9. The average molecular weight is 664 g/mol. The number of nitrogens with zero attached hydrogens (tertiary/aromatic N) is 3. The van der Waals surface area contributed by atoms with Crippen LogP contribution in [-0.4, -0.2) is 83.9 Å². The van der Waals surface area contributed by atoms with Crippen LogP contribution in [0.3, 0.4) is 0 Å². The molecule has 6 atom stereocenters. The molecule has 2 bridgehead atoms. The summed E-state index contributed by atoms with van der Waals surface area (Å²) in [5.41, 5.74) is 0.600. The Morgan fingerprint density at radius 3 is 2.77 bits per heavy atom. The number of benzene rings is 3. The summed E-state index contributed by atoms with van der Waals surface area (Å²) in [5, 5.41) is 28.7. The number of hydrogen-bond donors (Lipinski definition) is 4. The summed E-state index contributed by atoms with van der Waals surface area (Å²) in [6.45, 7) is 3.45. The van der Waals surface area contributed by atoms with Crippen molar-refractivity contribution in [3.05, 3.63) is 47.5 Å². The first-order chi connectivity index (χ1) is 23.3. The second-order valence-corrected chi connectivity index (χ2v) is 13.8. The van der Waals surface area contributed by atoms with Crippen LogP contribution in [0.25, 0.3) is 32.8 Å². The van der Waals surface area contributed by atoms with Crippen LogP contribution in [0.2, 0.25) is 0 Å². The Balaban J connectivity index is 1.30. The largest absolute Gasteiger partial charge is 0.508 e. The number of halogens is 3. The van der Waals surface area contributed by atoms with Crippen molar-refractivity contribution in [3.63, 3.8) is 0 Å². The van der Waals surface area contributed by atoms with Crippen molar-refractivity contribution < 1.29 is 32.9 Å². The van der Waals surface area contributed by atoms with E-state index in [1.807, 2.05) is 19.1 Å². The van der Waals surface area contributed by atoms with Crippen molar-refractivity contribution >= 4 is 27.5 Å². The van der Waals surface area contributed by atoms with Gasteiger partial charge in [-0.1, -0.05) is 25.1 Å². The summed E-state index contributed by atoms with van der Waals surface area (Å²) in [4.78, 5) is 11.4. The predicted molar refractivity (Wildman–Crippen MR) is 177 cm³/mol. The van der Waals surface area contributed by atoms with Gasteiger partial charge in [0.15, 0.2) is 17.4 Å². The van der Waals surface area contributed by atoms with E-state index in [4.69, 9.17) is 14.5 Å². The van der Waals surface area contributed by atoms with Gasteiger partial charge in [-0.15, -0.1) is 0 Å². The lowest BCUT2D eigenvalue weighted by Crippen LogP contribution is -2.60. The van der Waals surface area contributed by atoms with Crippen LogP contribution < -0.4 is 25.0 Å². The molecule has 5 heterocycles. The van der Waals surface area contributed by atoms with Gasteiger partial charge >= 0.3 is 6.01 Å². The second-order valence-electron chi connectivity index (χ2n) is 13.8. The van der Waals surface area contributed by atoms with Crippen LogP contribution in [0, 0.1) is 23.5 Å². The summed E-state index contributed by atoms with van der Waals surface area (Å²) < 4.78 is 61.2. The van der Waals surface area contributed by atoms with E-state index in [9.17, 15) is 14.6 Å². The number of phenols is 1. The number of ether oxygens (including phenoxy) is 2. The number of alkyl halides is 1. The van der Waals surface area contributed by atoms with Gasteiger partial charge in [-0.3, -0.25) is 0 Å². The minimum atomic E-state index is -1.08. The molecule has 4 N–H and O–H groups in total. The maximum absolute atomic E-state index is 17.1. The van der Waals surface area contributed by atoms with Crippen molar-refractivity contribution in [1.29, 1.82) is 0 Å². The SMILES string of the molecule is CCc1cccc2cc(O)cc(-c3c(F)c4c5c(nc(OC[C@@H]6C[C@@H](F)CNC[C@@H](CO)C6)nc5c3F)N3CC5CCC(N5)C3CO4)c12. The fraction of sp³-hybridized carbons (Fsp3) is 0.500. The number of piperazine rings is 1. The van der Waals surface area contributed by atoms with Gasteiger partial charge in [-0.05, 0) is 78.0 Å². The minimum absolute atomic E-state index is 0.0322. The van der Waals surface area contributed by atoms with E-state index < -0.39 is 17.8 Å². The Bertz CT molecular complexity index is 1880. The average Bonchev–Trinajstić information content (AvgIpc) is 3.38. The minimum Gasteiger partial charge on any atom is -0.508 e. The number of aromatic hydroxyl groups is 1. The highest BCUT2D eigenvalue weighted by molar-refractivity contribution is 6.05. The van der Waals surface area contributed by atoms with E-state index in [2.05, 4.69) is 20.5 Å². The maximum atomic E-state index is 17.1. The van der Waals surface area contributed by atoms with E-state index in [0.717, 1.165) is 18.4 Å². The van der Waals surface area contributed by atoms with Gasteiger partial charge in [0.05, 0.1) is 23.6 Å². The molecule has 3 fully saturated rings. The van der Waals surface area contributed by atoms with E-state index >= 15 is 8.78 Å². The van der Waals surface area contributed by atoms with Gasteiger partial charge in [0, 0.05) is 38.3 Å². The van der Waals surface area contributed by atoms with Crippen LogP contribution in [-0.2, 0) is 6.42 Å². The molecule has 4 aliphatic heterocycles. The molecule has 0 radical (unpaired) electrons. The molecule has 4 aliphatic rings. The van der Waals surface area contributed by atoms with E-state index in [0.29, 0.717) is 42.5 Å². The lowest BCUT2D eigenvalue weighted by atomic mass is 9.89. The number of aromatic nitrogens is 2. The van der Waals surface area contributed by atoms with Gasteiger partial charge in [-0.25, -0.2) is 13.2 Å². The number of phenolic OH excluding ortho intramolecular Hbond substituents is 1. The van der Waals surface area contributed by atoms with Crippen LogP contribution in [0.1, 0.15) is 38.2 Å². The molecule has 3 saturated heterocycles. The van der Waals surface area contributed by atoms with Gasteiger partial charge in [0.2, 0.25) is 0 Å². The standard InChI is InChI=1S/C36H40F3N5O4/c1-2-20-4-3-5-21-10-24(46)11-25(28(20)21)29-31(38)33-30-34(32(29)39)47-17-27-26-7-6-23(41-26)14-44(27)35(30)43-36(42-33)48-16-18-8-19(15-45)12-40-13-22(37)9-18/h3-5,10-11,18-19,22-23,26-27,40-41,45-46H,2,6-9,12-17H2,1H3/t18-,19-,22+,23?,26?,27?/m0/s1. The van der Waals surface area contributed by atoms with Gasteiger partial charge in [0.1, 0.15) is 29.9 Å². The molecule has 3 unspecified atom stereocenters. The molecule has 0 aliphatic carbocycles. The molecule has 254 valence electrons. The summed E-state index contributed by atoms with van der Waals surface area (Å²) in [6, 6.07) is 8.56. The fourth-order valence-corrected chi connectivity index (χ4v) is 8.37. The molecular formula is C36H40F3N5O4. The number of hydrogen-bond acceptors (Lipinski definition) is 9. The lowest BCUT2D eigenvalue weighted by molar-refractivity contribution is 0.121. The molecule has 3 aromatic carbocycles. The van der Waals surface area contributed by atoms with Gasteiger partial charge in [0.25, 0.3) is 0 Å². The van der Waals surface area contributed by atoms with Crippen molar-refractivity contribution in [3.8, 4) is 28.6 Å². The molecule has 8 rings (SSSR count). The quantitative estimate of drug-likeness (QED) is 0.226. The zero-order valence-corrected chi connectivity index (χ0v) is 26.8. The summed E-state index contributed by atoms with van der Waals surface area (Å²) in [5.74, 6) is -1.96. The van der Waals surface area contributed by atoms with Crippen molar-refractivity contribution in [1.82, 2.24) is 20.6 Å². The lowest BCUT2D eigenvalue weighted by Gasteiger charge is -2.40. The Morgan fingerprint density at radius 2 is 1.94 bits per heavy atom. The first-order valence-corrected chi connectivity index (χ1v) is 17.0.